The third-order valence-electron chi connectivity index (χ3n) is 5.48. The Labute approximate surface area is 125 Å². The summed E-state index contributed by atoms with van der Waals surface area (Å²) in [5.74, 6) is -3.27. The van der Waals surface area contributed by atoms with Gasteiger partial charge < -0.3 is 4.90 Å². The number of halogens is 2. The van der Waals surface area contributed by atoms with Crippen molar-refractivity contribution in [3.05, 3.63) is 0 Å². The summed E-state index contributed by atoms with van der Waals surface area (Å²) in [6.45, 7) is 7.57. The fraction of sp³-hybridized carbons (Fsp3) is 0.875. The Morgan fingerprint density at radius 3 is 2.19 bits per heavy atom. The zero-order chi connectivity index (χ0) is 15.9. The molecule has 1 aliphatic carbocycles. The zero-order valence-electron chi connectivity index (χ0n) is 13.1. The molecule has 0 spiro atoms. The summed E-state index contributed by atoms with van der Waals surface area (Å²) in [5, 5.41) is 9.10. The van der Waals surface area contributed by atoms with Crippen LogP contribution in [0.25, 0.3) is 0 Å². The van der Waals surface area contributed by atoms with Crippen LogP contribution in [0.2, 0.25) is 0 Å². The van der Waals surface area contributed by atoms with E-state index in [9.17, 15) is 13.6 Å². The average molecular weight is 298 g/mol. The number of likely N-dealkylation sites (tertiary alicyclic amines) is 1. The van der Waals surface area contributed by atoms with Crippen LogP contribution in [0.15, 0.2) is 0 Å². The third kappa shape index (κ3) is 3.04. The number of amides is 1. The minimum atomic E-state index is -2.65. The van der Waals surface area contributed by atoms with Crippen molar-refractivity contribution in [1.82, 2.24) is 4.90 Å². The molecule has 3 nitrogen and oxygen atoms in total. The summed E-state index contributed by atoms with van der Waals surface area (Å²) < 4.78 is 25.8. The van der Waals surface area contributed by atoms with Gasteiger partial charge in [0.2, 0.25) is 11.8 Å². The zero-order valence-corrected chi connectivity index (χ0v) is 13.1. The van der Waals surface area contributed by atoms with Gasteiger partial charge in [0.05, 0.1) is 6.07 Å². The molecule has 1 saturated carbocycles. The second-order valence-corrected chi connectivity index (χ2v) is 7.65. The largest absolute Gasteiger partial charge is 0.342 e. The maximum atomic E-state index is 12.9. The number of hydrogen-bond acceptors (Lipinski definition) is 2. The van der Waals surface area contributed by atoms with Crippen LogP contribution in [0, 0.1) is 28.1 Å². The summed E-state index contributed by atoms with van der Waals surface area (Å²) >= 11 is 0. The Hall–Kier alpha value is -1.18. The van der Waals surface area contributed by atoms with Gasteiger partial charge in [-0.15, -0.1) is 0 Å². The lowest BCUT2D eigenvalue weighted by Crippen LogP contribution is -2.52. The molecule has 2 rings (SSSR count). The summed E-state index contributed by atoms with van der Waals surface area (Å²) in [6.07, 6.45) is 1.44. The smallest absolute Gasteiger partial charge is 0.249 e. The highest BCUT2D eigenvalue weighted by atomic mass is 19.3. The molecule has 5 heteroatoms. The van der Waals surface area contributed by atoms with Gasteiger partial charge >= 0.3 is 0 Å². The Balaban J connectivity index is 1.96. The van der Waals surface area contributed by atoms with Gasteiger partial charge in [-0.2, -0.15) is 5.26 Å². The van der Waals surface area contributed by atoms with E-state index in [-0.39, 0.29) is 29.6 Å². The molecule has 0 bridgehead atoms. The van der Waals surface area contributed by atoms with Crippen LogP contribution in [0.5, 0.6) is 0 Å². The molecule has 1 amide bonds. The molecule has 0 radical (unpaired) electrons. The van der Waals surface area contributed by atoms with Gasteiger partial charge in [0.25, 0.3) is 0 Å². The Bertz CT molecular complexity index is 446. The average Bonchev–Trinajstić information content (AvgIpc) is 2.35. The van der Waals surface area contributed by atoms with Crippen molar-refractivity contribution in [2.45, 2.75) is 58.8 Å². The lowest BCUT2D eigenvalue weighted by Gasteiger charge is -2.50. The molecule has 1 saturated heterocycles. The van der Waals surface area contributed by atoms with Crippen molar-refractivity contribution >= 4 is 5.91 Å². The van der Waals surface area contributed by atoms with Gasteiger partial charge in [0.15, 0.2) is 0 Å². The predicted octanol–water partition coefficient (Wildman–Crippen LogP) is 3.60. The summed E-state index contributed by atoms with van der Waals surface area (Å²) in [6, 6.07) is 2.28. The minimum absolute atomic E-state index is 0.00136. The molecule has 0 N–H and O–H groups in total. The van der Waals surface area contributed by atoms with Crippen molar-refractivity contribution in [3.63, 3.8) is 0 Å². The monoisotopic (exact) mass is 298 g/mol. The molecule has 118 valence electrons. The number of nitrogens with zero attached hydrogens (tertiary/aromatic N) is 2. The first-order valence-electron chi connectivity index (χ1n) is 7.64. The first-order valence-corrected chi connectivity index (χ1v) is 7.64. The molecule has 0 atom stereocenters. The van der Waals surface area contributed by atoms with Gasteiger partial charge in [-0.1, -0.05) is 20.8 Å². The van der Waals surface area contributed by atoms with Crippen LogP contribution in [0.4, 0.5) is 8.78 Å². The van der Waals surface area contributed by atoms with E-state index in [4.69, 9.17) is 5.26 Å². The number of piperidine rings is 1. The van der Waals surface area contributed by atoms with Crippen LogP contribution in [0.3, 0.4) is 0 Å². The minimum Gasteiger partial charge on any atom is -0.342 e. The molecule has 0 aromatic rings. The number of nitriles is 1. The van der Waals surface area contributed by atoms with Crippen LogP contribution < -0.4 is 0 Å². The SMILES string of the molecule is CC(C)(C)C1(CC#N)CCN(C(=O)C2CC(F)(F)C2)CC1. The third-order valence-corrected chi connectivity index (χ3v) is 5.48. The number of carbonyl (C=O) groups excluding carboxylic acids is 1. The molecule has 0 unspecified atom stereocenters. The van der Waals surface area contributed by atoms with E-state index in [1.165, 1.54) is 0 Å². The van der Waals surface area contributed by atoms with E-state index in [0.717, 1.165) is 12.8 Å². The van der Waals surface area contributed by atoms with Crippen molar-refractivity contribution in [2.75, 3.05) is 13.1 Å². The first kappa shape index (κ1) is 16.2. The molecule has 1 aliphatic heterocycles. The fourth-order valence-corrected chi connectivity index (χ4v) is 3.59. The van der Waals surface area contributed by atoms with Crippen LogP contribution in [-0.2, 0) is 4.79 Å². The van der Waals surface area contributed by atoms with E-state index in [2.05, 4.69) is 26.8 Å². The van der Waals surface area contributed by atoms with E-state index < -0.39 is 11.8 Å². The topological polar surface area (TPSA) is 44.1 Å². The summed E-state index contributed by atoms with van der Waals surface area (Å²) in [7, 11) is 0. The lowest BCUT2D eigenvalue weighted by atomic mass is 9.60. The number of alkyl halides is 2. The molecular formula is C16H24F2N2O. The van der Waals surface area contributed by atoms with Gasteiger partial charge in [-0.3, -0.25) is 4.79 Å². The Kier molecular flexibility index (Phi) is 4.03. The van der Waals surface area contributed by atoms with Gasteiger partial charge in [0, 0.05) is 38.3 Å². The molecule has 2 aliphatic rings. The van der Waals surface area contributed by atoms with E-state index >= 15 is 0 Å². The Morgan fingerprint density at radius 2 is 1.81 bits per heavy atom. The molecular weight excluding hydrogens is 274 g/mol. The van der Waals surface area contributed by atoms with E-state index in [1.54, 1.807) is 4.90 Å². The molecule has 2 fully saturated rings. The predicted molar refractivity (Wildman–Crippen MR) is 75.6 cm³/mol. The van der Waals surface area contributed by atoms with Crippen molar-refractivity contribution < 1.29 is 13.6 Å². The van der Waals surface area contributed by atoms with E-state index in [1.807, 2.05) is 0 Å². The molecule has 0 aromatic heterocycles. The van der Waals surface area contributed by atoms with Crippen molar-refractivity contribution in [3.8, 4) is 6.07 Å². The Morgan fingerprint density at radius 1 is 1.29 bits per heavy atom. The standard InChI is InChI=1S/C16H24F2N2O/c1-14(2,3)15(4-7-19)5-8-20(9-6-15)13(21)12-10-16(17,18)11-12/h12H,4-6,8-11H2,1-3H3. The van der Waals surface area contributed by atoms with Gasteiger partial charge in [-0.25, -0.2) is 8.78 Å². The van der Waals surface area contributed by atoms with Gasteiger partial charge in [-0.05, 0) is 23.7 Å². The number of hydrogen-bond donors (Lipinski definition) is 0. The summed E-state index contributed by atoms with van der Waals surface area (Å²) in [4.78, 5) is 13.9. The van der Waals surface area contributed by atoms with Crippen molar-refractivity contribution in [1.29, 1.82) is 5.26 Å². The molecule has 1 heterocycles. The highest BCUT2D eigenvalue weighted by Crippen LogP contribution is 2.50. The second-order valence-electron chi connectivity index (χ2n) is 7.65. The summed E-state index contributed by atoms with van der Waals surface area (Å²) in [5.41, 5.74) is -0.0799. The fourth-order valence-electron chi connectivity index (χ4n) is 3.59. The van der Waals surface area contributed by atoms with Crippen molar-refractivity contribution in [2.24, 2.45) is 16.7 Å². The van der Waals surface area contributed by atoms with E-state index in [0.29, 0.717) is 19.5 Å². The normalized spacial score (nSPS) is 25.0. The highest BCUT2D eigenvalue weighted by molar-refractivity contribution is 5.80. The highest BCUT2D eigenvalue weighted by Gasteiger charge is 2.51. The van der Waals surface area contributed by atoms with Crippen LogP contribution in [-0.4, -0.2) is 29.8 Å². The number of rotatable bonds is 2. The molecule has 0 aromatic carbocycles. The maximum absolute atomic E-state index is 12.9. The van der Waals surface area contributed by atoms with Crippen LogP contribution in [0.1, 0.15) is 52.9 Å². The first-order chi connectivity index (χ1) is 9.60. The quantitative estimate of drug-likeness (QED) is 0.782. The second kappa shape index (κ2) is 5.23. The molecule has 21 heavy (non-hydrogen) atoms. The number of carbonyl (C=O) groups is 1. The van der Waals surface area contributed by atoms with Crippen LogP contribution >= 0.6 is 0 Å². The van der Waals surface area contributed by atoms with Gasteiger partial charge in [0.1, 0.15) is 0 Å². The maximum Gasteiger partial charge on any atom is 0.249 e. The lowest BCUT2D eigenvalue weighted by molar-refractivity contribution is -0.162.